The van der Waals surface area contributed by atoms with Crippen LogP contribution in [-0.4, -0.2) is 142 Å². The van der Waals surface area contributed by atoms with Gasteiger partial charge < -0.3 is 40.8 Å². The minimum Gasteiger partial charge on any atom is -0.748 e. The van der Waals surface area contributed by atoms with Crippen LogP contribution in [0.5, 0.6) is 5.75 Å². The molecule has 1 atom stereocenters. The summed E-state index contributed by atoms with van der Waals surface area (Å²) in [6.45, 7) is 8.19. The Hall–Kier alpha value is -4.69. The van der Waals surface area contributed by atoms with Crippen LogP contribution in [-0.2, 0) is 74.6 Å². The smallest absolute Gasteiger partial charge is 0.333 e. The summed E-state index contributed by atoms with van der Waals surface area (Å²) in [4.78, 5) is 45.4. The van der Waals surface area contributed by atoms with E-state index < -0.39 is 118 Å². The van der Waals surface area contributed by atoms with E-state index in [2.05, 4.69) is 0 Å². The minimum absolute atomic E-state index is 0.0431. The van der Waals surface area contributed by atoms with Gasteiger partial charge in [-0.05, 0) is 104 Å². The number of hydrogen-bond acceptors (Lipinski definition) is 20. The lowest BCUT2D eigenvalue weighted by atomic mass is 9.77. The first-order chi connectivity index (χ1) is 36.3. The summed E-state index contributed by atoms with van der Waals surface area (Å²) in [6, 6.07) is 7.25. The number of amides is 2. The van der Waals surface area contributed by atoms with Crippen LogP contribution in [0.1, 0.15) is 102 Å². The third kappa shape index (κ3) is 15.8. The first-order valence-corrected chi connectivity index (χ1v) is 32.8. The molecule has 1 saturated heterocycles. The Morgan fingerprint density at radius 3 is 2.03 bits per heavy atom. The van der Waals surface area contributed by atoms with Gasteiger partial charge in [-0.1, -0.05) is 51.2 Å². The monoisotopic (exact) mass is 1280 g/mol. The van der Waals surface area contributed by atoms with Crippen molar-refractivity contribution in [1.29, 1.82) is 0 Å². The van der Waals surface area contributed by atoms with E-state index in [9.17, 15) is 66.3 Å². The van der Waals surface area contributed by atoms with Crippen molar-refractivity contribution in [2.24, 2.45) is 5.41 Å². The number of allylic oxidation sites excluding steroid dienone is 8. The van der Waals surface area contributed by atoms with E-state index in [4.69, 9.17) is 17.4 Å². The molecule has 0 bridgehead atoms. The van der Waals surface area contributed by atoms with Crippen molar-refractivity contribution in [2.45, 2.75) is 101 Å². The molecule has 4 heterocycles. The van der Waals surface area contributed by atoms with Gasteiger partial charge >= 0.3 is 5.97 Å². The van der Waals surface area contributed by atoms with Crippen molar-refractivity contribution < 1.29 is 83.6 Å². The Morgan fingerprint density at radius 2 is 1.45 bits per heavy atom. The van der Waals surface area contributed by atoms with E-state index in [1.807, 2.05) is 31.7 Å². The average molecular weight is 1280 g/mol. The Kier molecular flexibility index (Phi) is 20.0. The number of imide groups is 1. The molecule has 0 radical (unpaired) electrons. The second-order valence-electron chi connectivity index (χ2n) is 20.4. The number of rotatable bonds is 25. The molecule has 22 nitrogen and oxygen atoms in total. The summed E-state index contributed by atoms with van der Waals surface area (Å²) in [5.41, 5.74) is 0.886. The molecule has 2 aromatic carbocycles. The molecule has 2 aromatic rings. The first-order valence-electron chi connectivity index (χ1n) is 24.7. The zero-order valence-corrected chi connectivity index (χ0v) is 49.3. The van der Waals surface area contributed by atoms with Crippen molar-refractivity contribution in [3.05, 3.63) is 95.3 Å². The van der Waals surface area contributed by atoms with Gasteiger partial charge in [-0.2, -0.15) is 8.42 Å². The number of hydroxylamine groups is 2. The minimum atomic E-state index is -4.99. The maximum Gasteiger partial charge on any atom is 0.333 e. The number of nitrogens with zero attached hydrogens (tertiary/aromatic N) is 3. The van der Waals surface area contributed by atoms with E-state index in [0.717, 1.165) is 9.58 Å². The number of benzene rings is 2. The molecule has 0 aliphatic carbocycles. The fourth-order valence-electron chi connectivity index (χ4n) is 9.86. The molecule has 0 saturated carbocycles. The summed E-state index contributed by atoms with van der Waals surface area (Å²) in [7, 11) is -15.9. The summed E-state index contributed by atoms with van der Waals surface area (Å²) in [5, 5.41) is 0.424. The molecule has 0 aromatic heterocycles. The largest absolute Gasteiger partial charge is 0.748 e. The van der Waals surface area contributed by atoms with Crippen molar-refractivity contribution in [3.8, 4) is 5.75 Å². The van der Waals surface area contributed by atoms with Gasteiger partial charge in [0.2, 0.25) is 0 Å². The molecule has 2 amide bonds. The Balaban J connectivity index is 1.46. The van der Waals surface area contributed by atoms with Crippen LogP contribution in [0.3, 0.4) is 0 Å². The van der Waals surface area contributed by atoms with Gasteiger partial charge in [-0.3, -0.25) is 14.1 Å². The first kappa shape index (κ1) is 62.5. The normalized spacial score (nSPS) is 19.5. The van der Waals surface area contributed by atoms with Gasteiger partial charge in [0.15, 0.2) is 0 Å². The molecule has 78 heavy (non-hydrogen) atoms. The van der Waals surface area contributed by atoms with Gasteiger partial charge in [-0.15, -0.1) is 5.06 Å². The number of ether oxygens (including phenoxy) is 2. The fraction of sp³-hybridized carbons (Fsp3) is 0.490. The van der Waals surface area contributed by atoms with Gasteiger partial charge in [0.25, 0.3) is 21.9 Å². The molecule has 6 rings (SSSR count). The zero-order valence-electron chi connectivity index (χ0n) is 43.9. The lowest BCUT2D eigenvalue weighted by molar-refractivity contribution is -0.197. The highest BCUT2D eigenvalue weighted by Crippen LogP contribution is 2.52. The number of hydrogen-bond donors (Lipinski definition) is 1. The van der Waals surface area contributed by atoms with E-state index in [1.54, 1.807) is 60.4 Å². The van der Waals surface area contributed by atoms with Crippen LogP contribution in [0.2, 0.25) is 0 Å². The maximum atomic E-state index is 12.9. The van der Waals surface area contributed by atoms with E-state index in [1.165, 1.54) is 26.4 Å². The highest BCUT2D eigenvalue weighted by atomic mass is 127. The van der Waals surface area contributed by atoms with Crippen molar-refractivity contribution in [2.75, 3.05) is 67.6 Å². The summed E-state index contributed by atoms with van der Waals surface area (Å²) < 4.78 is 163. The third-order valence-electron chi connectivity index (χ3n) is 13.6. The number of carbonyl (C=O) groups excluding carboxylic acids is 3. The van der Waals surface area contributed by atoms with Gasteiger partial charge in [0.05, 0.1) is 30.7 Å². The molecule has 1 N–H and O–H groups in total. The summed E-state index contributed by atoms with van der Waals surface area (Å²) in [6.07, 6.45) is 12.2. The van der Waals surface area contributed by atoms with Crippen LogP contribution >= 0.6 is 21.1 Å². The second-order valence-corrected chi connectivity index (χ2v) is 28.3. The van der Waals surface area contributed by atoms with Crippen molar-refractivity contribution >= 4 is 105 Å². The highest BCUT2D eigenvalue weighted by molar-refractivity contribution is 14.2. The molecule has 430 valence electrons. The Morgan fingerprint density at radius 1 is 0.821 bits per heavy atom. The van der Waals surface area contributed by atoms with Crippen LogP contribution in [0.4, 0.5) is 11.4 Å². The maximum absolute atomic E-state index is 12.9. The average Bonchev–Trinajstić information content (AvgIpc) is 3.81. The van der Waals surface area contributed by atoms with Crippen LogP contribution < -0.4 is 12.9 Å². The van der Waals surface area contributed by atoms with Crippen LogP contribution in [0, 0.1) is 5.41 Å². The topological polar surface area (TPSA) is 324 Å². The van der Waals surface area contributed by atoms with Gasteiger partial charge in [-0.25, -0.2) is 30.0 Å². The second kappa shape index (κ2) is 25.0. The molecular weight excluding hydrogens is 1210 g/mol. The number of fused-ring (bicyclic) bond motifs is 3. The Labute approximate surface area is 466 Å². The zero-order chi connectivity index (χ0) is 57.6. The van der Waals surface area contributed by atoms with Crippen LogP contribution in [0.15, 0.2) is 83.5 Å². The van der Waals surface area contributed by atoms with E-state index in [0.29, 0.717) is 50.1 Å². The van der Waals surface area contributed by atoms with Gasteiger partial charge in [0, 0.05) is 114 Å². The number of anilines is 2. The molecular formula is C51H63IN3O19S4-3. The van der Waals surface area contributed by atoms with Gasteiger partial charge in [0.1, 0.15) is 42.8 Å². The van der Waals surface area contributed by atoms with E-state index >= 15 is 0 Å². The molecule has 1 unspecified atom stereocenters. The lowest BCUT2D eigenvalue weighted by Crippen LogP contribution is -2.52. The predicted octanol–water partition coefficient (Wildman–Crippen LogP) is 5.80. The van der Waals surface area contributed by atoms with Crippen LogP contribution in [0.25, 0.3) is 11.1 Å². The molecule has 4 aliphatic rings. The quantitative estimate of drug-likeness (QED) is 0.0531. The molecule has 4 aliphatic heterocycles. The third-order valence-corrected chi connectivity index (χ3v) is 19.8. The van der Waals surface area contributed by atoms with Crippen molar-refractivity contribution in [1.82, 2.24) is 5.06 Å². The SMILES string of the molecule is COCCC1(CCOC)C=C(CS(=O)(=O)O)c2cc3c(cc2N1CCCS(=O)(=O)[O-])OI=C(C(C)(C)C)C=C3/C=C/C=C/C=C1\N(CCCS(=O)(=O)[O-])c2ccc(S(=O)(=O)[O-])cc2C1(C)CCCC(=O)ON1C(=O)CCC1=O. The lowest BCUT2D eigenvalue weighted by Gasteiger charge is -2.48. The summed E-state index contributed by atoms with van der Waals surface area (Å²) >= 11 is -1.16. The number of carbonyl (C=O) groups is 3. The Bertz CT molecular complexity index is 3300. The molecule has 1 fully saturated rings. The molecule has 27 heteroatoms. The molecule has 0 spiro atoms. The predicted molar refractivity (Wildman–Crippen MR) is 296 cm³/mol. The number of methoxy groups -OCH3 is 2. The fourth-order valence-corrected chi connectivity index (χ4v) is 13.9. The van der Waals surface area contributed by atoms with Crippen molar-refractivity contribution in [3.63, 3.8) is 0 Å². The highest BCUT2D eigenvalue weighted by Gasteiger charge is 2.45. The summed E-state index contributed by atoms with van der Waals surface area (Å²) in [5.74, 6) is -3.98. The number of halogens is 1. The standard InChI is InChI=1S/C51H66IN3O19S4/c1-49(2,3)44-29-35(39-31-38-36(34-77(65,66)67)33-51(21-25-71-5,22-26-72-6)54(24-12-28-76(62,63)64)42(38)32-43(39)73-52-44)13-8-7-9-14-45-50(4,20-10-15-48(58)74-55-46(56)18-19-47(55)57)40-30-37(78(68,69)70)16-17-41(40)53(45)23-11-27-75(59,60)61/h7-9,13-14,16-17,29-33H,10-12,15,18-28,34H2,1-6H3,(H,59,60,61)(H,62,63,64)(H,65,66,67)(H,68,69,70)/p-3/b9-7+,13-8+,45-14-. The van der Waals surface area contributed by atoms with E-state index in [-0.39, 0.29) is 89.7 Å².